The van der Waals surface area contributed by atoms with Crippen molar-refractivity contribution >= 4 is 27.9 Å². The van der Waals surface area contributed by atoms with Gasteiger partial charge in [-0.15, -0.1) is 10.2 Å². The summed E-state index contributed by atoms with van der Waals surface area (Å²) < 4.78 is 12.7. The number of rotatable bonds is 8. The highest BCUT2D eigenvalue weighted by molar-refractivity contribution is 7.19. The van der Waals surface area contributed by atoms with E-state index in [1.807, 2.05) is 24.3 Å². The second kappa shape index (κ2) is 8.91. The van der Waals surface area contributed by atoms with Gasteiger partial charge in [0.2, 0.25) is 4.96 Å². The maximum absolute atomic E-state index is 12.9. The lowest BCUT2D eigenvalue weighted by molar-refractivity contribution is 0.102. The Hall–Kier alpha value is -3.46. The zero-order valence-corrected chi connectivity index (χ0v) is 17.5. The molecule has 8 nitrogen and oxygen atoms in total. The summed E-state index contributed by atoms with van der Waals surface area (Å²) in [7, 11) is 1.57. The monoisotopic (exact) mass is 423 g/mol. The molecule has 0 fully saturated rings. The number of nitrogens with zero attached hydrogens (tertiary/aromatic N) is 4. The van der Waals surface area contributed by atoms with Crippen LogP contribution in [0.25, 0.3) is 15.5 Å². The molecule has 0 saturated carbocycles. The molecule has 9 heteroatoms. The van der Waals surface area contributed by atoms with E-state index in [-0.39, 0.29) is 5.91 Å². The highest BCUT2D eigenvalue weighted by atomic mass is 32.1. The lowest BCUT2D eigenvalue weighted by Gasteiger charge is -2.12. The summed E-state index contributed by atoms with van der Waals surface area (Å²) in [6, 6.07) is 12.7. The second-order valence-corrected chi connectivity index (χ2v) is 7.52. The van der Waals surface area contributed by atoms with E-state index in [9.17, 15) is 4.79 Å². The van der Waals surface area contributed by atoms with Crippen LogP contribution in [0.1, 0.15) is 30.1 Å². The fourth-order valence-corrected chi connectivity index (χ4v) is 3.69. The lowest BCUT2D eigenvalue weighted by Crippen LogP contribution is -2.13. The largest absolute Gasteiger partial charge is 0.495 e. The molecule has 0 unspecified atom stereocenters. The topological polar surface area (TPSA) is 90.6 Å². The summed E-state index contributed by atoms with van der Waals surface area (Å²) >= 11 is 1.41. The van der Waals surface area contributed by atoms with Gasteiger partial charge in [0, 0.05) is 11.1 Å². The number of anilines is 1. The number of methoxy groups -OCH3 is 1. The Bertz CT molecular complexity index is 1140. The molecule has 1 N–H and O–H groups in total. The molecule has 2 heterocycles. The maximum Gasteiger partial charge on any atom is 0.255 e. The summed E-state index contributed by atoms with van der Waals surface area (Å²) in [4.78, 5) is 13.6. The van der Waals surface area contributed by atoms with E-state index in [4.69, 9.17) is 9.47 Å². The van der Waals surface area contributed by atoms with E-state index in [2.05, 4.69) is 27.5 Å². The van der Waals surface area contributed by atoms with Crippen LogP contribution < -0.4 is 14.8 Å². The first-order valence-corrected chi connectivity index (χ1v) is 10.4. The van der Waals surface area contributed by atoms with Gasteiger partial charge in [-0.25, -0.2) is 0 Å². The zero-order chi connectivity index (χ0) is 20.9. The smallest absolute Gasteiger partial charge is 0.255 e. The summed E-state index contributed by atoms with van der Waals surface area (Å²) in [6.07, 6.45) is 3.58. The highest BCUT2D eigenvalue weighted by Gasteiger charge is 2.14. The van der Waals surface area contributed by atoms with Crippen molar-refractivity contribution in [3.05, 3.63) is 54.4 Å². The third-order valence-corrected chi connectivity index (χ3v) is 5.41. The van der Waals surface area contributed by atoms with Gasteiger partial charge in [-0.2, -0.15) is 9.61 Å². The third kappa shape index (κ3) is 4.25. The van der Waals surface area contributed by atoms with Crippen LogP contribution in [0.3, 0.4) is 0 Å². The first-order valence-electron chi connectivity index (χ1n) is 9.57. The standard InChI is InChI=1S/C21H21N5O3S/c1-3-4-10-29-16-7-5-6-14(11-16)19(27)23-17-12-15(8-9-18(17)28-2)20-25-26-13-22-24-21(26)30-20/h5-9,11-13H,3-4,10H2,1-2H3,(H,23,27). The van der Waals surface area contributed by atoms with Crippen molar-refractivity contribution in [3.8, 4) is 22.1 Å². The number of hydrogen-bond acceptors (Lipinski definition) is 7. The first-order chi connectivity index (χ1) is 14.7. The average molecular weight is 423 g/mol. The Morgan fingerprint density at radius 3 is 2.93 bits per heavy atom. The van der Waals surface area contributed by atoms with Crippen LogP contribution in [0.15, 0.2) is 48.8 Å². The Kier molecular flexibility index (Phi) is 5.89. The van der Waals surface area contributed by atoms with Crippen LogP contribution in [0.2, 0.25) is 0 Å². The first kappa shape index (κ1) is 19.8. The molecule has 0 aliphatic heterocycles. The van der Waals surface area contributed by atoms with Crippen molar-refractivity contribution < 1.29 is 14.3 Å². The van der Waals surface area contributed by atoms with Gasteiger partial charge >= 0.3 is 0 Å². The number of benzene rings is 2. The van der Waals surface area contributed by atoms with Crippen LogP contribution in [-0.4, -0.2) is 39.4 Å². The SMILES string of the molecule is CCCCOc1cccc(C(=O)Nc2cc(-c3nn4cnnc4s3)ccc2OC)c1. The van der Waals surface area contributed by atoms with Crippen LogP contribution in [0.4, 0.5) is 5.69 Å². The number of aromatic nitrogens is 4. The van der Waals surface area contributed by atoms with Crippen LogP contribution in [0.5, 0.6) is 11.5 Å². The predicted molar refractivity (Wildman–Crippen MR) is 115 cm³/mol. The van der Waals surface area contributed by atoms with E-state index in [1.54, 1.807) is 36.2 Å². The molecule has 0 aliphatic carbocycles. The Morgan fingerprint density at radius 2 is 2.13 bits per heavy atom. The van der Waals surface area contributed by atoms with Crippen molar-refractivity contribution in [3.63, 3.8) is 0 Å². The molecular formula is C21H21N5O3S. The number of amides is 1. The lowest BCUT2D eigenvalue weighted by atomic mass is 10.1. The van der Waals surface area contributed by atoms with E-state index in [0.29, 0.717) is 34.3 Å². The molecule has 0 atom stereocenters. The summed E-state index contributed by atoms with van der Waals surface area (Å²) in [5.41, 5.74) is 1.91. The molecule has 2 aromatic carbocycles. The number of ether oxygens (including phenoxy) is 2. The molecule has 154 valence electrons. The van der Waals surface area contributed by atoms with Gasteiger partial charge < -0.3 is 14.8 Å². The van der Waals surface area contributed by atoms with Crippen LogP contribution in [-0.2, 0) is 0 Å². The van der Waals surface area contributed by atoms with Crippen LogP contribution >= 0.6 is 11.3 Å². The van der Waals surface area contributed by atoms with Crippen molar-refractivity contribution in [1.29, 1.82) is 0 Å². The minimum Gasteiger partial charge on any atom is -0.495 e. The molecule has 2 aromatic heterocycles. The number of fused-ring (bicyclic) bond motifs is 1. The average Bonchev–Trinajstić information content (AvgIpc) is 3.36. The molecule has 0 aliphatic rings. The van der Waals surface area contributed by atoms with Gasteiger partial charge in [-0.3, -0.25) is 4.79 Å². The molecule has 4 rings (SSSR count). The van der Waals surface area contributed by atoms with Crippen molar-refractivity contribution in [2.24, 2.45) is 0 Å². The van der Waals surface area contributed by atoms with Crippen molar-refractivity contribution in [2.45, 2.75) is 19.8 Å². The van der Waals surface area contributed by atoms with Gasteiger partial charge in [0.15, 0.2) is 0 Å². The third-order valence-electron chi connectivity index (χ3n) is 4.44. The predicted octanol–water partition coefficient (Wildman–Crippen LogP) is 4.29. The number of carbonyl (C=O) groups is 1. The minimum atomic E-state index is -0.246. The number of carbonyl (C=O) groups excluding carboxylic acids is 1. The molecular weight excluding hydrogens is 402 g/mol. The zero-order valence-electron chi connectivity index (χ0n) is 16.7. The fraction of sp³-hybridized carbons (Fsp3) is 0.238. The maximum atomic E-state index is 12.9. The fourth-order valence-electron chi connectivity index (χ4n) is 2.87. The van der Waals surface area contributed by atoms with Gasteiger partial charge in [-0.1, -0.05) is 30.7 Å². The quantitative estimate of drug-likeness (QED) is 0.425. The molecule has 4 aromatic rings. The van der Waals surface area contributed by atoms with Crippen molar-refractivity contribution in [2.75, 3.05) is 19.0 Å². The molecule has 30 heavy (non-hydrogen) atoms. The number of unbranched alkanes of at least 4 members (excludes halogenated alkanes) is 1. The number of hydrogen-bond donors (Lipinski definition) is 1. The molecule has 0 spiro atoms. The molecule has 0 saturated heterocycles. The second-order valence-electron chi connectivity index (χ2n) is 6.56. The molecule has 0 radical (unpaired) electrons. The normalized spacial score (nSPS) is 10.9. The van der Waals surface area contributed by atoms with Gasteiger partial charge in [0.25, 0.3) is 5.91 Å². The summed E-state index contributed by atoms with van der Waals surface area (Å²) in [5, 5.41) is 16.0. The summed E-state index contributed by atoms with van der Waals surface area (Å²) in [6.45, 7) is 2.74. The van der Waals surface area contributed by atoms with Crippen LogP contribution in [0, 0.1) is 0 Å². The van der Waals surface area contributed by atoms with Gasteiger partial charge in [0.05, 0.1) is 19.4 Å². The number of nitrogens with one attached hydrogen (secondary N) is 1. The molecule has 1 amide bonds. The Labute approximate surface area is 177 Å². The van der Waals surface area contributed by atoms with Gasteiger partial charge in [-0.05, 0) is 42.8 Å². The summed E-state index contributed by atoms with van der Waals surface area (Å²) in [5.74, 6) is 0.992. The Morgan fingerprint density at radius 1 is 1.23 bits per heavy atom. The molecule has 0 bridgehead atoms. The highest BCUT2D eigenvalue weighted by Crippen LogP contribution is 2.33. The van der Waals surface area contributed by atoms with Crippen molar-refractivity contribution in [1.82, 2.24) is 19.8 Å². The van der Waals surface area contributed by atoms with E-state index in [1.165, 1.54) is 11.3 Å². The Balaban J connectivity index is 1.56. The van der Waals surface area contributed by atoms with E-state index in [0.717, 1.165) is 23.4 Å². The van der Waals surface area contributed by atoms with E-state index < -0.39 is 0 Å². The van der Waals surface area contributed by atoms with Gasteiger partial charge in [0.1, 0.15) is 22.8 Å². The minimum absolute atomic E-state index is 0.246. The van der Waals surface area contributed by atoms with E-state index >= 15 is 0 Å².